The van der Waals surface area contributed by atoms with E-state index in [0.29, 0.717) is 11.4 Å². The second kappa shape index (κ2) is 7.00. The van der Waals surface area contributed by atoms with E-state index in [4.69, 9.17) is 4.74 Å². The number of hydrogen-bond donors (Lipinski definition) is 2. The predicted molar refractivity (Wildman–Crippen MR) is 77.6 cm³/mol. The molecule has 22 heavy (non-hydrogen) atoms. The molecule has 2 aromatic rings. The van der Waals surface area contributed by atoms with Crippen LogP contribution in [0.25, 0.3) is 0 Å². The third-order valence-electron chi connectivity index (χ3n) is 2.90. The highest BCUT2D eigenvalue weighted by atomic mass is 19.1. The van der Waals surface area contributed by atoms with E-state index in [-0.39, 0.29) is 12.5 Å². The number of nitrogens with one attached hydrogen (secondary N) is 1. The molecular weight excluding hydrogens is 292 g/mol. The first-order valence-electron chi connectivity index (χ1n) is 6.60. The number of amides is 1. The van der Waals surface area contributed by atoms with E-state index in [1.807, 2.05) is 0 Å². The van der Waals surface area contributed by atoms with Gasteiger partial charge in [0.2, 0.25) is 5.91 Å². The summed E-state index contributed by atoms with van der Waals surface area (Å²) in [6, 6.07) is 9.83. The summed E-state index contributed by atoms with van der Waals surface area (Å²) in [5.74, 6) is -1.53. The highest BCUT2D eigenvalue weighted by Crippen LogP contribution is 2.23. The van der Waals surface area contributed by atoms with Crippen LogP contribution in [0.1, 0.15) is 18.6 Å². The average Bonchev–Trinajstić information content (AvgIpc) is 2.44. The van der Waals surface area contributed by atoms with Crippen LogP contribution in [0.2, 0.25) is 0 Å². The van der Waals surface area contributed by atoms with Crippen LogP contribution in [0, 0.1) is 11.6 Å². The van der Waals surface area contributed by atoms with Crippen molar-refractivity contribution in [3.05, 3.63) is 59.7 Å². The van der Waals surface area contributed by atoms with E-state index in [1.54, 1.807) is 24.3 Å². The molecule has 2 rings (SSSR count). The van der Waals surface area contributed by atoms with Gasteiger partial charge < -0.3 is 15.2 Å². The zero-order valence-electron chi connectivity index (χ0n) is 11.8. The summed E-state index contributed by atoms with van der Waals surface area (Å²) in [4.78, 5) is 11.0. The fourth-order valence-corrected chi connectivity index (χ4v) is 1.95. The molecule has 0 heterocycles. The van der Waals surface area contributed by atoms with Gasteiger partial charge >= 0.3 is 0 Å². The van der Waals surface area contributed by atoms with Gasteiger partial charge in [-0.1, -0.05) is 12.1 Å². The van der Waals surface area contributed by atoms with Crippen molar-refractivity contribution in [1.29, 1.82) is 0 Å². The van der Waals surface area contributed by atoms with Crippen LogP contribution in [0.4, 0.5) is 14.5 Å². The second-order valence-electron chi connectivity index (χ2n) is 4.67. The Bertz CT molecular complexity index is 656. The molecule has 6 heteroatoms. The number of halogens is 2. The Morgan fingerprint density at radius 1 is 1.23 bits per heavy atom. The van der Waals surface area contributed by atoms with E-state index in [0.717, 1.165) is 12.1 Å². The molecule has 0 aromatic heterocycles. The van der Waals surface area contributed by atoms with E-state index >= 15 is 0 Å². The minimum Gasteiger partial charge on any atom is -0.490 e. The van der Waals surface area contributed by atoms with Crippen molar-refractivity contribution in [2.45, 2.75) is 13.0 Å². The molecule has 0 aliphatic rings. The lowest BCUT2D eigenvalue weighted by Gasteiger charge is -2.14. The molecule has 0 aliphatic heterocycles. The third-order valence-corrected chi connectivity index (χ3v) is 2.90. The zero-order valence-corrected chi connectivity index (χ0v) is 11.8. The number of benzene rings is 2. The van der Waals surface area contributed by atoms with Crippen LogP contribution >= 0.6 is 0 Å². The summed E-state index contributed by atoms with van der Waals surface area (Å²) in [6.45, 7) is 1.06. The quantitative estimate of drug-likeness (QED) is 0.892. The van der Waals surface area contributed by atoms with Gasteiger partial charge in [0.25, 0.3) is 0 Å². The number of aliphatic hydroxyl groups excluding tert-OH is 1. The van der Waals surface area contributed by atoms with Gasteiger partial charge in [0.15, 0.2) is 0 Å². The summed E-state index contributed by atoms with van der Waals surface area (Å²) < 4.78 is 32.4. The molecule has 0 bridgehead atoms. The minimum atomic E-state index is -1.44. The Morgan fingerprint density at radius 3 is 2.50 bits per heavy atom. The lowest BCUT2D eigenvalue weighted by atomic mass is 10.1. The lowest BCUT2D eigenvalue weighted by molar-refractivity contribution is -0.114. The summed E-state index contributed by atoms with van der Waals surface area (Å²) in [6.07, 6.45) is -1.44. The highest BCUT2D eigenvalue weighted by molar-refractivity contribution is 5.88. The van der Waals surface area contributed by atoms with Gasteiger partial charge in [-0.05, 0) is 24.3 Å². The molecule has 0 saturated heterocycles. The molecule has 4 nitrogen and oxygen atoms in total. The van der Waals surface area contributed by atoms with Crippen LogP contribution in [0.3, 0.4) is 0 Å². The molecule has 2 aromatic carbocycles. The molecule has 2 N–H and O–H groups in total. The number of hydrogen-bond acceptors (Lipinski definition) is 3. The standard InChI is InChI=1S/C16H15F2NO3/c1-10(20)19-11-4-2-5-12(8-11)22-9-15(21)16-13(17)6-3-7-14(16)18/h2-8,15,21H,9H2,1H3,(H,19,20). The maximum Gasteiger partial charge on any atom is 0.221 e. The Morgan fingerprint density at radius 2 is 1.86 bits per heavy atom. The Balaban J connectivity index is 2.05. The van der Waals surface area contributed by atoms with Crippen LogP contribution in [0.5, 0.6) is 5.75 Å². The lowest BCUT2D eigenvalue weighted by Crippen LogP contribution is -2.13. The van der Waals surface area contributed by atoms with Crippen LogP contribution in [-0.2, 0) is 4.79 Å². The number of aliphatic hydroxyl groups is 1. The van der Waals surface area contributed by atoms with Gasteiger partial charge in [0, 0.05) is 18.7 Å². The SMILES string of the molecule is CC(=O)Nc1cccc(OCC(O)c2c(F)cccc2F)c1. The largest absolute Gasteiger partial charge is 0.490 e. The van der Waals surface area contributed by atoms with Crippen molar-refractivity contribution < 1.29 is 23.4 Å². The molecule has 1 atom stereocenters. The van der Waals surface area contributed by atoms with Gasteiger partial charge in [-0.25, -0.2) is 8.78 Å². The van der Waals surface area contributed by atoms with Gasteiger partial charge in [0.05, 0.1) is 5.56 Å². The van der Waals surface area contributed by atoms with Gasteiger partial charge in [-0.15, -0.1) is 0 Å². The van der Waals surface area contributed by atoms with E-state index in [9.17, 15) is 18.7 Å². The number of anilines is 1. The van der Waals surface area contributed by atoms with Crippen molar-refractivity contribution in [3.8, 4) is 5.75 Å². The van der Waals surface area contributed by atoms with E-state index in [2.05, 4.69) is 5.32 Å². The molecule has 0 saturated carbocycles. The number of ether oxygens (including phenoxy) is 1. The van der Waals surface area contributed by atoms with E-state index < -0.39 is 23.3 Å². The first-order valence-corrected chi connectivity index (χ1v) is 6.60. The van der Waals surface area contributed by atoms with Crippen molar-refractivity contribution in [2.24, 2.45) is 0 Å². The maximum absolute atomic E-state index is 13.5. The molecular formula is C16H15F2NO3. The first kappa shape index (κ1) is 15.9. The summed E-state index contributed by atoms with van der Waals surface area (Å²) in [5, 5.41) is 12.5. The molecule has 0 fully saturated rings. The average molecular weight is 307 g/mol. The van der Waals surface area contributed by atoms with Crippen molar-refractivity contribution in [1.82, 2.24) is 0 Å². The van der Waals surface area contributed by atoms with Crippen LogP contribution < -0.4 is 10.1 Å². The maximum atomic E-state index is 13.5. The first-order chi connectivity index (χ1) is 10.5. The fraction of sp³-hybridized carbons (Fsp3) is 0.188. The van der Waals surface area contributed by atoms with Crippen molar-refractivity contribution >= 4 is 11.6 Å². The normalized spacial score (nSPS) is 11.8. The molecule has 1 amide bonds. The second-order valence-corrected chi connectivity index (χ2v) is 4.67. The van der Waals surface area contributed by atoms with Crippen molar-refractivity contribution in [3.63, 3.8) is 0 Å². The van der Waals surface area contributed by atoms with Gasteiger partial charge in [-0.2, -0.15) is 0 Å². The van der Waals surface area contributed by atoms with Crippen LogP contribution in [-0.4, -0.2) is 17.6 Å². The number of rotatable bonds is 5. The molecule has 0 spiro atoms. The molecule has 0 aliphatic carbocycles. The summed E-state index contributed by atoms with van der Waals surface area (Å²) in [7, 11) is 0. The van der Waals surface area contributed by atoms with Crippen LogP contribution in [0.15, 0.2) is 42.5 Å². The molecule has 0 radical (unpaired) electrons. The zero-order chi connectivity index (χ0) is 16.1. The smallest absolute Gasteiger partial charge is 0.221 e. The summed E-state index contributed by atoms with van der Waals surface area (Å²) in [5.41, 5.74) is 0.0945. The third kappa shape index (κ3) is 4.02. The Kier molecular flexibility index (Phi) is 5.06. The number of carbonyl (C=O) groups excluding carboxylic acids is 1. The van der Waals surface area contributed by atoms with Crippen molar-refractivity contribution in [2.75, 3.05) is 11.9 Å². The minimum absolute atomic E-state index is 0.231. The predicted octanol–water partition coefficient (Wildman–Crippen LogP) is 3.04. The monoisotopic (exact) mass is 307 g/mol. The topological polar surface area (TPSA) is 58.6 Å². The van der Waals surface area contributed by atoms with Gasteiger partial charge in [-0.3, -0.25) is 4.79 Å². The van der Waals surface area contributed by atoms with E-state index in [1.165, 1.54) is 13.0 Å². The fourth-order valence-electron chi connectivity index (χ4n) is 1.95. The number of carbonyl (C=O) groups is 1. The Hall–Kier alpha value is -2.47. The Labute approximate surface area is 126 Å². The highest BCUT2D eigenvalue weighted by Gasteiger charge is 2.18. The van der Waals surface area contributed by atoms with Gasteiger partial charge in [0.1, 0.15) is 30.1 Å². The molecule has 116 valence electrons. The molecule has 1 unspecified atom stereocenters. The summed E-state index contributed by atoms with van der Waals surface area (Å²) >= 11 is 0.